The Morgan fingerprint density at radius 1 is 1.56 bits per heavy atom. The lowest BCUT2D eigenvalue weighted by Crippen LogP contribution is -2.46. The number of ether oxygens (including phenoxy) is 2. The van der Waals surface area contributed by atoms with Gasteiger partial charge in [-0.2, -0.15) is 5.10 Å². The van der Waals surface area contributed by atoms with Crippen LogP contribution in [-0.4, -0.2) is 33.6 Å². The topological polar surface area (TPSA) is 86.2 Å². The number of nitrogens with zero attached hydrogens (tertiary/aromatic N) is 2. The van der Waals surface area contributed by atoms with Gasteiger partial charge in [0.1, 0.15) is 6.33 Å². The molecule has 2 heterocycles. The quantitative estimate of drug-likeness (QED) is 0.638. The van der Waals surface area contributed by atoms with Gasteiger partial charge in [0, 0.05) is 0 Å². The molecular formula is C9H13N3O4. The van der Waals surface area contributed by atoms with E-state index < -0.39 is 17.3 Å². The molecule has 0 bridgehead atoms. The Morgan fingerprint density at radius 2 is 2.31 bits per heavy atom. The number of aromatic nitrogens is 3. The molecule has 2 rings (SSSR count). The van der Waals surface area contributed by atoms with E-state index in [-0.39, 0.29) is 12.2 Å². The average Bonchev–Trinajstić information content (AvgIpc) is 2.23. The first-order valence-electron chi connectivity index (χ1n) is 4.91. The minimum absolute atomic E-state index is 0.220. The lowest BCUT2D eigenvalue weighted by atomic mass is 10.1. The standard InChI is InChI=1S/C9H13N3O4/c1-9(2)4-15-6(3-16-9)12-5-10-11-7(13)8(12)14/h5-6H,3-4H2,1-2H3,(H,11,13). The molecule has 0 aliphatic carbocycles. The van der Waals surface area contributed by atoms with Crippen LogP contribution in [0.15, 0.2) is 15.9 Å². The van der Waals surface area contributed by atoms with Crippen molar-refractivity contribution in [1.29, 1.82) is 0 Å². The summed E-state index contributed by atoms with van der Waals surface area (Å²) in [5.74, 6) is 0. The van der Waals surface area contributed by atoms with Crippen LogP contribution in [0.2, 0.25) is 0 Å². The highest BCUT2D eigenvalue weighted by Gasteiger charge is 2.29. The van der Waals surface area contributed by atoms with E-state index in [0.717, 1.165) is 4.57 Å². The maximum atomic E-state index is 11.5. The smallest absolute Gasteiger partial charge is 0.330 e. The minimum Gasteiger partial charge on any atom is -0.368 e. The van der Waals surface area contributed by atoms with Gasteiger partial charge in [0.2, 0.25) is 0 Å². The average molecular weight is 227 g/mol. The zero-order valence-corrected chi connectivity index (χ0v) is 9.10. The Hall–Kier alpha value is -1.47. The van der Waals surface area contributed by atoms with Gasteiger partial charge >= 0.3 is 11.1 Å². The molecule has 0 radical (unpaired) electrons. The van der Waals surface area contributed by atoms with Crippen LogP contribution in [0.25, 0.3) is 0 Å². The number of hydrogen-bond donors (Lipinski definition) is 1. The molecule has 1 N–H and O–H groups in total. The summed E-state index contributed by atoms with van der Waals surface area (Å²) in [6.45, 7) is 4.36. The molecule has 0 aromatic carbocycles. The first-order valence-corrected chi connectivity index (χ1v) is 4.91. The van der Waals surface area contributed by atoms with E-state index in [9.17, 15) is 9.59 Å². The number of H-pyrrole nitrogens is 1. The first kappa shape index (κ1) is 11.0. The summed E-state index contributed by atoms with van der Waals surface area (Å²) in [7, 11) is 0. The van der Waals surface area contributed by atoms with E-state index in [1.807, 2.05) is 13.8 Å². The van der Waals surface area contributed by atoms with Crippen LogP contribution in [0.4, 0.5) is 0 Å². The Morgan fingerprint density at radius 3 is 2.94 bits per heavy atom. The lowest BCUT2D eigenvalue weighted by Gasteiger charge is -2.35. The molecule has 7 heteroatoms. The summed E-state index contributed by atoms with van der Waals surface area (Å²) in [5, 5.41) is 5.61. The maximum Gasteiger partial charge on any atom is 0.330 e. The van der Waals surface area contributed by atoms with Gasteiger partial charge in [-0.3, -0.25) is 14.2 Å². The molecule has 1 atom stereocenters. The van der Waals surface area contributed by atoms with E-state index in [4.69, 9.17) is 9.47 Å². The van der Waals surface area contributed by atoms with Gasteiger partial charge in [-0.15, -0.1) is 0 Å². The van der Waals surface area contributed by atoms with Crippen molar-refractivity contribution in [3.63, 3.8) is 0 Å². The van der Waals surface area contributed by atoms with Gasteiger partial charge in [-0.25, -0.2) is 5.10 Å². The van der Waals surface area contributed by atoms with Gasteiger partial charge in [0.05, 0.1) is 18.8 Å². The van der Waals surface area contributed by atoms with E-state index in [1.54, 1.807) is 0 Å². The normalized spacial score (nSPS) is 24.2. The summed E-state index contributed by atoms with van der Waals surface area (Å²) in [6.07, 6.45) is 0.645. The van der Waals surface area contributed by atoms with E-state index in [2.05, 4.69) is 10.2 Å². The second kappa shape index (κ2) is 3.84. The van der Waals surface area contributed by atoms with Crippen molar-refractivity contribution in [3.05, 3.63) is 27.0 Å². The maximum absolute atomic E-state index is 11.5. The third-order valence-electron chi connectivity index (χ3n) is 2.33. The second-order valence-corrected chi connectivity index (χ2v) is 4.23. The Bertz CT molecular complexity index is 480. The van der Waals surface area contributed by atoms with Gasteiger partial charge < -0.3 is 9.47 Å². The molecule has 88 valence electrons. The van der Waals surface area contributed by atoms with Gasteiger partial charge in [0.25, 0.3) is 0 Å². The van der Waals surface area contributed by atoms with Crippen LogP contribution < -0.4 is 11.1 Å². The van der Waals surface area contributed by atoms with E-state index in [0.29, 0.717) is 6.61 Å². The Kier molecular flexibility index (Phi) is 2.64. The zero-order valence-electron chi connectivity index (χ0n) is 9.10. The lowest BCUT2D eigenvalue weighted by molar-refractivity contribution is -0.199. The van der Waals surface area contributed by atoms with Crippen LogP contribution in [0.3, 0.4) is 0 Å². The highest BCUT2D eigenvalue weighted by Crippen LogP contribution is 2.21. The van der Waals surface area contributed by atoms with Gasteiger partial charge in [0.15, 0.2) is 6.23 Å². The number of aromatic amines is 1. The number of nitrogens with one attached hydrogen (secondary N) is 1. The third kappa shape index (κ3) is 2.05. The van der Waals surface area contributed by atoms with Crippen molar-refractivity contribution in [3.8, 4) is 0 Å². The molecule has 1 saturated heterocycles. The van der Waals surface area contributed by atoms with E-state index in [1.165, 1.54) is 6.33 Å². The first-order chi connectivity index (χ1) is 7.49. The van der Waals surface area contributed by atoms with Crippen molar-refractivity contribution < 1.29 is 9.47 Å². The van der Waals surface area contributed by atoms with Crippen LogP contribution in [0.1, 0.15) is 20.1 Å². The fraction of sp³-hybridized carbons (Fsp3) is 0.667. The molecule has 1 unspecified atom stereocenters. The molecule has 1 aromatic heterocycles. The SMILES string of the molecule is CC1(C)COC(n2cn[nH]c(=O)c2=O)CO1. The largest absolute Gasteiger partial charge is 0.368 e. The summed E-state index contributed by atoms with van der Waals surface area (Å²) >= 11 is 0. The summed E-state index contributed by atoms with van der Waals surface area (Å²) < 4.78 is 12.1. The molecule has 7 nitrogen and oxygen atoms in total. The Labute approximate surface area is 91.0 Å². The van der Waals surface area contributed by atoms with Crippen molar-refractivity contribution in [2.45, 2.75) is 25.7 Å². The van der Waals surface area contributed by atoms with Crippen LogP contribution >= 0.6 is 0 Å². The molecular weight excluding hydrogens is 214 g/mol. The predicted octanol–water partition coefficient (Wildman–Crippen LogP) is -0.744. The minimum atomic E-state index is -0.768. The highest BCUT2D eigenvalue weighted by atomic mass is 16.6. The van der Waals surface area contributed by atoms with Crippen molar-refractivity contribution >= 4 is 0 Å². The molecule has 0 spiro atoms. The zero-order chi connectivity index (χ0) is 11.8. The molecule has 1 aromatic rings. The summed E-state index contributed by atoms with van der Waals surface area (Å²) in [5.41, 5.74) is -1.83. The third-order valence-corrected chi connectivity index (χ3v) is 2.33. The highest BCUT2D eigenvalue weighted by molar-refractivity contribution is 4.80. The van der Waals surface area contributed by atoms with Crippen molar-refractivity contribution in [2.75, 3.05) is 13.2 Å². The second-order valence-electron chi connectivity index (χ2n) is 4.23. The number of rotatable bonds is 1. The van der Waals surface area contributed by atoms with Crippen LogP contribution in [0, 0.1) is 0 Å². The Balaban J connectivity index is 2.24. The monoisotopic (exact) mass is 227 g/mol. The van der Waals surface area contributed by atoms with Gasteiger partial charge in [-0.05, 0) is 13.8 Å². The fourth-order valence-corrected chi connectivity index (χ4v) is 1.42. The molecule has 0 amide bonds. The molecule has 1 aliphatic heterocycles. The van der Waals surface area contributed by atoms with Crippen LogP contribution in [0.5, 0.6) is 0 Å². The van der Waals surface area contributed by atoms with Crippen molar-refractivity contribution in [1.82, 2.24) is 14.8 Å². The van der Waals surface area contributed by atoms with E-state index >= 15 is 0 Å². The molecule has 1 fully saturated rings. The predicted molar refractivity (Wildman–Crippen MR) is 54.1 cm³/mol. The molecule has 0 saturated carbocycles. The fourth-order valence-electron chi connectivity index (χ4n) is 1.42. The van der Waals surface area contributed by atoms with Gasteiger partial charge in [-0.1, -0.05) is 0 Å². The summed E-state index contributed by atoms with van der Waals surface area (Å²) in [6, 6.07) is 0. The van der Waals surface area contributed by atoms with Crippen molar-refractivity contribution in [2.24, 2.45) is 0 Å². The summed E-state index contributed by atoms with van der Waals surface area (Å²) in [4.78, 5) is 22.5. The number of hydrogen-bond acceptors (Lipinski definition) is 5. The van der Waals surface area contributed by atoms with Crippen LogP contribution in [-0.2, 0) is 9.47 Å². The molecule has 1 aliphatic rings. The molecule has 16 heavy (non-hydrogen) atoms.